The Hall–Kier alpha value is -3.25. The number of fused-ring (bicyclic) bond motifs is 1. The maximum Gasteiger partial charge on any atom is 0.253 e. The van der Waals surface area contributed by atoms with E-state index in [0.29, 0.717) is 15.8 Å². The number of thiazole rings is 1. The summed E-state index contributed by atoms with van der Waals surface area (Å²) >= 11 is 1.09. The molecule has 0 spiro atoms. The number of hydrogen-bond donors (Lipinski definition) is 2. The van der Waals surface area contributed by atoms with Crippen LogP contribution in [0, 0.1) is 0 Å². The first-order valence-corrected chi connectivity index (χ1v) is 18.8. The summed E-state index contributed by atoms with van der Waals surface area (Å²) in [6.45, 7) is -0.568. The molecule has 44 heavy (non-hydrogen) atoms. The lowest BCUT2D eigenvalue weighted by atomic mass is 10.1. The summed E-state index contributed by atoms with van der Waals surface area (Å²) < 4.78 is 88.4. The predicted molar refractivity (Wildman–Crippen MR) is 168 cm³/mol. The maximum atomic E-state index is 13.5. The summed E-state index contributed by atoms with van der Waals surface area (Å²) in [6.07, 6.45) is 0. The fourth-order valence-electron chi connectivity index (χ4n) is 4.17. The van der Waals surface area contributed by atoms with Crippen LogP contribution in [0.15, 0.2) is 77.7 Å². The highest BCUT2D eigenvalue weighted by molar-refractivity contribution is 8.04. The van der Waals surface area contributed by atoms with Crippen LogP contribution in [-0.2, 0) is 50.7 Å². The van der Waals surface area contributed by atoms with E-state index in [2.05, 4.69) is 10.3 Å². The van der Waals surface area contributed by atoms with Gasteiger partial charge in [0, 0.05) is 20.8 Å². The summed E-state index contributed by atoms with van der Waals surface area (Å²) in [7, 11) is -10.1. The molecule has 0 saturated carbocycles. The van der Waals surface area contributed by atoms with E-state index >= 15 is 0 Å². The molecule has 4 aromatic rings. The molecule has 0 fully saturated rings. The lowest BCUT2D eigenvalue weighted by molar-refractivity contribution is -0.120. The van der Waals surface area contributed by atoms with Gasteiger partial charge in [-0.15, -0.1) is 15.5 Å². The van der Waals surface area contributed by atoms with Crippen molar-refractivity contribution < 1.29 is 39.5 Å². The topological polar surface area (TPSA) is 175 Å². The number of nitrogens with one attached hydrogen (secondary N) is 2. The van der Waals surface area contributed by atoms with E-state index in [-0.39, 0.29) is 29.7 Å². The number of amides is 1. The van der Waals surface area contributed by atoms with Gasteiger partial charge in [0.15, 0.2) is 15.1 Å². The second-order valence-electron chi connectivity index (χ2n) is 9.60. The molecule has 0 bridgehead atoms. The van der Waals surface area contributed by atoms with E-state index < -0.39 is 52.5 Å². The van der Waals surface area contributed by atoms with Gasteiger partial charge in [0.05, 0.1) is 39.8 Å². The number of ether oxygens (including phenoxy) is 2. The lowest BCUT2D eigenvalue weighted by Gasteiger charge is -2.16. The number of aromatic nitrogens is 1. The monoisotopic (exact) mass is 681 g/mol. The Balaban J connectivity index is 1.59. The van der Waals surface area contributed by atoms with Crippen LogP contribution in [0.1, 0.15) is 15.8 Å². The van der Waals surface area contributed by atoms with Gasteiger partial charge in [-0.2, -0.15) is 0 Å². The third-order valence-corrected chi connectivity index (χ3v) is 13.0. The Morgan fingerprint density at radius 2 is 1.55 bits per heavy atom. The van der Waals surface area contributed by atoms with Crippen LogP contribution in [0.4, 0.5) is 0 Å². The van der Waals surface area contributed by atoms with E-state index in [0.717, 1.165) is 22.5 Å². The van der Waals surface area contributed by atoms with E-state index in [1.165, 1.54) is 38.5 Å². The predicted octanol–water partition coefficient (Wildman–Crippen LogP) is 2.64. The van der Waals surface area contributed by atoms with Gasteiger partial charge in [-0.05, 0) is 41.0 Å². The van der Waals surface area contributed by atoms with E-state index in [1.54, 1.807) is 4.13 Å². The molecular weight excluding hydrogens is 651 g/mol. The molecule has 2 N–H and O–H groups in total. The van der Waals surface area contributed by atoms with Crippen LogP contribution < -0.4 is 9.44 Å². The number of benzene rings is 3. The summed E-state index contributed by atoms with van der Waals surface area (Å²) in [5.74, 6) is -1.84. The van der Waals surface area contributed by atoms with E-state index in [9.17, 15) is 30.0 Å². The van der Waals surface area contributed by atoms with Gasteiger partial charge < -0.3 is 14.8 Å². The largest absolute Gasteiger partial charge is 0.384 e. The number of nitrogens with zero attached hydrogens (tertiary/aromatic N) is 1. The van der Waals surface area contributed by atoms with Crippen molar-refractivity contribution in [3.63, 3.8) is 0 Å². The van der Waals surface area contributed by atoms with Gasteiger partial charge in [-0.3, -0.25) is 4.79 Å². The standard InChI is InChI=1S/C28H31N3O9S4/c1-39-13-15-42(33,34)26(28-30-24-18-22(11-12-25(24)41-28)21-8-4-3-5-9-21)27(32)29-19-20-7-6-10-23(17-20)44(37,38)31-43(35,36)16-14-40-2/h3-12,17-18,26,31H,13-16,19H2,1-2H3,(H,29,32). The van der Waals surface area contributed by atoms with Crippen LogP contribution >= 0.6 is 11.3 Å². The second kappa shape index (κ2) is 14.2. The molecule has 12 nitrogen and oxygen atoms in total. The molecule has 1 unspecified atom stereocenters. The van der Waals surface area contributed by atoms with Crippen molar-refractivity contribution >= 4 is 57.3 Å². The van der Waals surface area contributed by atoms with Crippen LogP contribution in [0.5, 0.6) is 0 Å². The molecule has 0 aliphatic carbocycles. The first-order chi connectivity index (χ1) is 20.8. The number of rotatable bonds is 15. The van der Waals surface area contributed by atoms with Crippen molar-refractivity contribution in [3.05, 3.63) is 83.4 Å². The molecule has 3 aromatic carbocycles. The Labute approximate surface area is 260 Å². The van der Waals surface area contributed by atoms with Crippen LogP contribution in [0.25, 0.3) is 21.3 Å². The molecule has 0 aliphatic heterocycles. The van der Waals surface area contributed by atoms with Crippen molar-refractivity contribution in [2.75, 3.05) is 38.9 Å². The molecule has 1 atom stereocenters. The lowest BCUT2D eigenvalue weighted by Crippen LogP contribution is -2.35. The number of hydrogen-bond acceptors (Lipinski definition) is 11. The molecule has 4 rings (SSSR count). The van der Waals surface area contributed by atoms with Crippen LogP contribution in [-0.4, -0.2) is 75.1 Å². The summed E-state index contributed by atoms with van der Waals surface area (Å²) in [4.78, 5) is 17.7. The number of carbonyl (C=O) groups excluding carboxylic acids is 1. The second-order valence-corrected chi connectivity index (χ2v) is 16.7. The first-order valence-electron chi connectivity index (χ1n) is 13.1. The molecular formula is C28H31N3O9S4. The highest BCUT2D eigenvalue weighted by Gasteiger charge is 2.37. The van der Waals surface area contributed by atoms with Crippen molar-refractivity contribution in [1.82, 2.24) is 14.4 Å². The van der Waals surface area contributed by atoms with Crippen molar-refractivity contribution in [1.29, 1.82) is 0 Å². The van der Waals surface area contributed by atoms with Gasteiger partial charge in [0.2, 0.25) is 15.9 Å². The zero-order chi connectivity index (χ0) is 32.0. The van der Waals surface area contributed by atoms with Gasteiger partial charge in [0.1, 0.15) is 5.01 Å². The Bertz CT molecular complexity index is 1940. The fourth-order valence-corrected chi connectivity index (χ4v) is 10.1. The average Bonchev–Trinajstić information content (AvgIpc) is 3.40. The summed E-state index contributed by atoms with van der Waals surface area (Å²) in [5.41, 5.74) is 2.67. The van der Waals surface area contributed by atoms with E-state index in [1.807, 2.05) is 48.5 Å². The molecule has 236 valence electrons. The number of carbonyl (C=O) groups is 1. The van der Waals surface area contributed by atoms with Gasteiger partial charge in [0.25, 0.3) is 10.0 Å². The Morgan fingerprint density at radius 3 is 2.25 bits per heavy atom. The number of sulfonamides is 2. The van der Waals surface area contributed by atoms with Crippen LogP contribution in [0.2, 0.25) is 0 Å². The van der Waals surface area contributed by atoms with Crippen molar-refractivity contribution in [3.8, 4) is 11.1 Å². The minimum Gasteiger partial charge on any atom is -0.384 e. The minimum absolute atomic E-state index is 0.0839. The number of methoxy groups -OCH3 is 2. The molecule has 16 heteroatoms. The highest BCUT2D eigenvalue weighted by Crippen LogP contribution is 2.34. The average molecular weight is 682 g/mol. The maximum absolute atomic E-state index is 13.5. The minimum atomic E-state index is -4.47. The third kappa shape index (κ3) is 8.47. The zero-order valence-electron chi connectivity index (χ0n) is 23.8. The highest BCUT2D eigenvalue weighted by atomic mass is 32.3. The smallest absolute Gasteiger partial charge is 0.253 e. The third-order valence-electron chi connectivity index (χ3n) is 6.37. The SMILES string of the molecule is COCCS(=O)(=O)NS(=O)(=O)c1cccc(CNC(=O)C(c2nc3cc(-c4ccccc4)ccc3s2)S(=O)(=O)CCOC)c1. The molecule has 1 amide bonds. The number of sulfone groups is 1. The summed E-state index contributed by atoms with van der Waals surface area (Å²) in [6, 6.07) is 20.4. The van der Waals surface area contributed by atoms with Gasteiger partial charge >= 0.3 is 0 Å². The van der Waals surface area contributed by atoms with Gasteiger partial charge in [-0.25, -0.2) is 30.2 Å². The Kier molecular flexibility index (Phi) is 10.9. The molecule has 1 aromatic heterocycles. The quantitative estimate of drug-likeness (QED) is 0.190. The fraction of sp³-hybridized carbons (Fsp3) is 0.286. The van der Waals surface area contributed by atoms with Crippen LogP contribution in [0.3, 0.4) is 0 Å². The van der Waals surface area contributed by atoms with Gasteiger partial charge in [-0.1, -0.05) is 48.5 Å². The molecule has 1 heterocycles. The molecule has 0 saturated heterocycles. The first kappa shape index (κ1) is 33.6. The Morgan fingerprint density at radius 1 is 0.841 bits per heavy atom. The molecule has 0 radical (unpaired) electrons. The van der Waals surface area contributed by atoms with E-state index in [4.69, 9.17) is 9.47 Å². The zero-order valence-corrected chi connectivity index (χ0v) is 27.1. The molecule has 0 aliphatic rings. The van der Waals surface area contributed by atoms with Crippen molar-refractivity contribution in [2.24, 2.45) is 0 Å². The normalized spacial score (nSPS) is 13.1. The van der Waals surface area contributed by atoms with Crippen molar-refractivity contribution in [2.45, 2.75) is 16.7 Å². The summed E-state index contributed by atoms with van der Waals surface area (Å²) in [5, 5.41) is 1.01.